The molecular weight excluding hydrogens is 294 g/mol. The van der Waals surface area contributed by atoms with E-state index in [0.29, 0.717) is 12.8 Å². The summed E-state index contributed by atoms with van der Waals surface area (Å²) in [5.41, 5.74) is 1.53. The summed E-state index contributed by atoms with van der Waals surface area (Å²) in [5, 5.41) is 16.9. The van der Waals surface area contributed by atoms with Crippen LogP contribution in [-0.2, 0) is 16.6 Å². The van der Waals surface area contributed by atoms with E-state index in [4.69, 9.17) is 0 Å². The van der Waals surface area contributed by atoms with Gasteiger partial charge in [0.2, 0.25) is 5.91 Å². The van der Waals surface area contributed by atoms with Gasteiger partial charge in [0.05, 0.1) is 11.6 Å². The third kappa shape index (κ3) is 3.41. The number of carbonyl (C=O) groups is 2. The van der Waals surface area contributed by atoms with E-state index in [1.54, 1.807) is 4.68 Å². The quantitative estimate of drug-likeness (QED) is 0.834. The molecule has 0 bridgehead atoms. The number of aromatic nitrogens is 2. The second kappa shape index (κ2) is 6.72. The van der Waals surface area contributed by atoms with Gasteiger partial charge in [0, 0.05) is 18.3 Å². The highest BCUT2D eigenvalue weighted by molar-refractivity contribution is 5.90. The molecule has 1 aliphatic carbocycles. The summed E-state index contributed by atoms with van der Waals surface area (Å²) in [6.07, 6.45) is 4.75. The Morgan fingerprint density at radius 3 is 2.22 bits per heavy atom. The Hall–Kier alpha value is -1.85. The number of carboxylic acids is 1. The van der Waals surface area contributed by atoms with Crippen molar-refractivity contribution in [2.45, 2.75) is 70.8 Å². The van der Waals surface area contributed by atoms with Crippen molar-refractivity contribution in [1.29, 1.82) is 0 Å². The zero-order valence-corrected chi connectivity index (χ0v) is 14.5. The maximum absolute atomic E-state index is 12.7. The van der Waals surface area contributed by atoms with E-state index in [0.717, 1.165) is 42.6 Å². The number of nitrogens with zero attached hydrogens (tertiary/aromatic N) is 2. The minimum Gasteiger partial charge on any atom is -0.480 e. The highest BCUT2D eigenvalue weighted by Gasteiger charge is 2.41. The summed E-state index contributed by atoms with van der Waals surface area (Å²) in [5.74, 6) is -1.56. The van der Waals surface area contributed by atoms with Crippen LogP contribution < -0.4 is 5.32 Å². The van der Waals surface area contributed by atoms with Gasteiger partial charge in [-0.15, -0.1) is 0 Å². The first kappa shape index (κ1) is 17.5. The highest BCUT2D eigenvalue weighted by Crippen LogP contribution is 2.30. The Morgan fingerprint density at radius 1 is 1.22 bits per heavy atom. The number of aryl methyl sites for hydroxylation is 2. The summed E-state index contributed by atoms with van der Waals surface area (Å²) >= 11 is 0. The molecule has 1 aromatic rings. The van der Waals surface area contributed by atoms with Crippen LogP contribution in [0.3, 0.4) is 0 Å². The molecule has 0 radical (unpaired) electrons. The van der Waals surface area contributed by atoms with Gasteiger partial charge in [-0.2, -0.15) is 5.10 Å². The Kier molecular flexibility index (Phi) is 5.12. The number of carbonyl (C=O) groups excluding carboxylic acids is 1. The fourth-order valence-corrected chi connectivity index (χ4v) is 3.62. The summed E-state index contributed by atoms with van der Waals surface area (Å²) < 4.78 is 1.76. The van der Waals surface area contributed by atoms with E-state index in [1.807, 2.05) is 27.8 Å². The van der Waals surface area contributed by atoms with E-state index in [1.165, 1.54) is 0 Å². The van der Waals surface area contributed by atoms with Crippen LogP contribution in [0.5, 0.6) is 0 Å². The van der Waals surface area contributed by atoms with Gasteiger partial charge in [0.25, 0.3) is 0 Å². The molecule has 1 heterocycles. The molecule has 128 valence electrons. The molecule has 6 heteroatoms. The van der Waals surface area contributed by atoms with Crippen molar-refractivity contribution >= 4 is 11.9 Å². The van der Waals surface area contributed by atoms with Crippen LogP contribution in [0.1, 0.15) is 68.3 Å². The van der Waals surface area contributed by atoms with Crippen LogP contribution in [0.4, 0.5) is 0 Å². The van der Waals surface area contributed by atoms with E-state index in [-0.39, 0.29) is 5.91 Å². The standard InChI is InChI=1S/C17H27N3O3/c1-11(14-12(2)19-20(4)13(14)3)15(21)18-17(16(22)23)9-7-5-6-8-10-17/h11H,5-10H2,1-4H3,(H,18,21)(H,22,23). The van der Waals surface area contributed by atoms with Crippen LogP contribution in [0.2, 0.25) is 0 Å². The minimum atomic E-state index is -1.12. The lowest BCUT2D eigenvalue weighted by Crippen LogP contribution is -2.55. The molecule has 1 aliphatic rings. The van der Waals surface area contributed by atoms with Crippen LogP contribution in [0.15, 0.2) is 0 Å². The zero-order chi connectivity index (χ0) is 17.2. The van der Waals surface area contributed by atoms with E-state index >= 15 is 0 Å². The predicted octanol–water partition coefficient (Wildman–Crippen LogP) is 2.43. The maximum atomic E-state index is 12.7. The van der Waals surface area contributed by atoms with E-state index in [2.05, 4.69) is 10.4 Å². The molecule has 1 atom stereocenters. The van der Waals surface area contributed by atoms with Gasteiger partial charge in [0.1, 0.15) is 5.54 Å². The minimum absolute atomic E-state index is 0.228. The van der Waals surface area contributed by atoms with Crippen molar-refractivity contribution < 1.29 is 14.7 Å². The maximum Gasteiger partial charge on any atom is 0.329 e. The average molecular weight is 321 g/mol. The van der Waals surface area contributed by atoms with Crippen molar-refractivity contribution in [3.63, 3.8) is 0 Å². The van der Waals surface area contributed by atoms with Crippen LogP contribution >= 0.6 is 0 Å². The van der Waals surface area contributed by atoms with Crippen molar-refractivity contribution in [2.24, 2.45) is 7.05 Å². The van der Waals surface area contributed by atoms with Gasteiger partial charge in [-0.25, -0.2) is 4.79 Å². The summed E-state index contributed by atoms with van der Waals surface area (Å²) in [6.45, 7) is 5.63. The molecule has 1 fully saturated rings. The molecule has 1 saturated carbocycles. The van der Waals surface area contributed by atoms with Crippen molar-refractivity contribution in [2.75, 3.05) is 0 Å². The van der Waals surface area contributed by atoms with Gasteiger partial charge >= 0.3 is 5.97 Å². The Balaban J connectivity index is 2.23. The number of nitrogens with one attached hydrogen (secondary N) is 1. The second-order valence-corrected chi connectivity index (χ2v) is 6.72. The smallest absolute Gasteiger partial charge is 0.329 e. The van der Waals surface area contributed by atoms with Crippen LogP contribution in [0.25, 0.3) is 0 Å². The van der Waals surface area contributed by atoms with Gasteiger partial charge in [-0.05, 0) is 33.6 Å². The summed E-state index contributed by atoms with van der Waals surface area (Å²) in [7, 11) is 1.85. The third-order valence-electron chi connectivity index (χ3n) is 5.12. The zero-order valence-electron chi connectivity index (χ0n) is 14.5. The lowest BCUT2D eigenvalue weighted by atomic mass is 9.88. The molecule has 0 aromatic carbocycles. The lowest BCUT2D eigenvalue weighted by Gasteiger charge is -2.30. The van der Waals surface area contributed by atoms with Gasteiger partial charge in [0.15, 0.2) is 0 Å². The second-order valence-electron chi connectivity index (χ2n) is 6.72. The number of hydrogen-bond donors (Lipinski definition) is 2. The van der Waals surface area contributed by atoms with Gasteiger partial charge in [-0.3, -0.25) is 9.48 Å². The average Bonchev–Trinajstić information content (AvgIpc) is 2.68. The molecular formula is C17H27N3O3. The molecule has 6 nitrogen and oxygen atoms in total. The molecule has 1 amide bonds. The Bertz CT molecular complexity index is 598. The van der Waals surface area contributed by atoms with Crippen molar-refractivity contribution in [3.8, 4) is 0 Å². The monoisotopic (exact) mass is 321 g/mol. The molecule has 2 N–H and O–H groups in total. The Morgan fingerprint density at radius 2 is 1.78 bits per heavy atom. The fourth-order valence-electron chi connectivity index (χ4n) is 3.62. The number of amides is 1. The van der Waals surface area contributed by atoms with Crippen molar-refractivity contribution in [1.82, 2.24) is 15.1 Å². The largest absolute Gasteiger partial charge is 0.480 e. The number of carboxylic acid groups (broad SMARTS) is 1. The first-order valence-electron chi connectivity index (χ1n) is 8.34. The number of aliphatic carboxylic acids is 1. The number of hydrogen-bond acceptors (Lipinski definition) is 3. The molecule has 1 unspecified atom stereocenters. The predicted molar refractivity (Wildman–Crippen MR) is 87.3 cm³/mol. The highest BCUT2D eigenvalue weighted by atomic mass is 16.4. The SMILES string of the molecule is Cc1nn(C)c(C)c1C(C)C(=O)NC1(C(=O)O)CCCCCC1. The van der Waals surface area contributed by atoms with Gasteiger partial charge < -0.3 is 10.4 Å². The molecule has 0 aliphatic heterocycles. The van der Waals surface area contributed by atoms with E-state index < -0.39 is 17.4 Å². The molecule has 1 aromatic heterocycles. The molecule has 23 heavy (non-hydrogen) atoms. The molecule has 2 rings (SSSR count). The van der Waals surface area contributed by atoms with E-state index in [9.17, 15) is 14.7 Å². The fraction of sp³-hybridized carbons (Fsp3) is 0.706. The summed E-state index contributed by atoms with van der Waals surface area (Å²) in [4.78, 5) is 24.6. The first-order valence-corrected chi connectivity index (χ1v) is 8.34. The van der Waals surface area contributed by atoms with Crippen LogP contribution in [-0.4, -0.2) is 32.3 Å². The van der Waals surface area contributed by atoms with Gasteiger partial charge in [-0.1, -0.05) is 25.7 Å². The lowest BCUT2D eigenvalue weighted by molar-refractivity contribution is -0.148. The first-order chi connectivity index (χ1) is 10.8. The topological polar surface area (TPSA) is 84.2 Å². The Labute approximate surface area is 137 Å². The molecule has 0 spiro atoms. The number of rotatable bonds is 4. The normalized spacial score (nSPS) is 19.0. The van der Waals surface area contributed by atoms with Crippen LogP contribution in [0, 0.1) is 13.8 Å². The molecule has 0 saturated heterocycles. The summed E-state index contributed by atoms with van der Waals surface area (Å²) in [6, 6.07) is 0. The van der Waals surface area contributed by atoms with Crippen molar-refractivity contribution in [3.05, 3.63) is 17.0 Å². The third-order valence-corrected chi connectivity index (χ3v) is 5.12.